The van der Waals surface area contributed by atoms with Crippen LogP contribution >= 0.6 is 0 Å². The van der Waals surface area contributed by atoms with Gasteiger partial charge >= 0.3 is 0 Å². The fraction of sp³-hybridized carbons (Fsp3) is 0.571. The first-order valence-corrected chi connectivity index (χ1v) is 6.65. The van der Waals surface area contributed by atoms with Crippen molar-refractivity contribution in [3.8, 4) is 0 Å². The number of carbonyl (C=O) groups is 2. The van der Waals surface area contributed by atoms with E-state index in [1.54, 1.807) is 19.2 Å². The van der Waals surface area contributed by atoms with E-state index in [1.807, 2.05) is 13.8 Å². The number of nitrogens with one attached hydrogen (secondary N) is 1. The van der Waals surface area contributed by atoms with Crippen LogP contribution in [0, 0.1) is 5.92 Å². The Balaban J connectivity index is 2.50. The molecule has 0 aliphatic carbocycles. The highest BCUT2D eigenvalue weighted by Crippen LogP contribution is 2.06. The molecule has 6 heteroatoms. The van der Waals surface area contributed by atoms with Crippen molar-refractivity contribution in [3.05, 3.63) is 24.2 Å². The van der Waals surface area contributed by atoms with Crippen molar-refractivity contribution in [3.63, 3.8) is 0 Å². The van der Waals surface area contributed by atoms with Crippen LogP contribution in [0.2, 0.25) is 0 Å². The summed E-state index contributed by atoms with van der Waals surface area (Å²) in [4.78, 5) is 25.1. The van der Waals surface area contributed by atoms with E-state index in [4.69, 9.17) is 9.52 Å². The minimum atomic E-state index is -0.339. The van der Waals surface area contributed by atoms with Crippen LogP contribution in [0.4, 0.5) is 0 Å². The van der Waals surface area contributed by atoms with Crippen LogP contribution < -0.4 is 5.32 Å². The van der Waals surface area contributed by atoms with Crippen LogP contribution in [-0.4, -0.2) is 48.1 Å². The van der Waals surface area contributed by atoms with Gasteiger partial charge in [0.2, 0.25) is 5.91 Å². The summed E-state index contributed by atoms with van der Waals surface area (Å²) >= 11 is 0. The Morgan fingerprint density at radius 2 is 2.15 bits per heavy atom. The molecule has 0 spiro atoms. The number of aliphatic hydroxyl groups excluding tert-OH is 1. The van der Waals surface area contributed by atoms with Crippen molar-refractivity contribution < 1.29 is 19.1 Å². The molecule has 1 aromatic heterocycles. The number of rotatable bonds is 7. The standard InChI is InChI=1S/C14H22N2O4/c1-10(2)11(6-7-17)15-13(18)9-16(3)14(19)12-5-4-8-20-12/h4-5,8,10-11,17H,6-7,9H2,1-3H3,(H,15,18). The molecule has 1 rings (SSSR count). The number of hydrogen-bond acceptors (Lipinski definition) is 4. The molecule has 112 valence electrons. The lowest BCUT2D eigenvalue weighted by molar-refractivity contribution is -0.122. The van der Waals surface area contributed by atoms with Crippen LogP contribution in [-0.2, 0) is 4.79 Å². The van der Waals surface area contributed by atoms with Crippen molar-refractivity contribution >= 4 is 11.8 Å². The first-order valence-electron chi connectivity index (χ1n) is 6.65. The Bertz CT molecular complexity index is 428. The van der Waals surface area contributed by atoms with E-state index in [0.29, 0.717) is 6.42 Å². The highest BCUT2D eigenvalue weighted by atomic mass is 16.3. The zero-order valence-electron chi connectivity index (χ0n) is 12.1. The molecule has 20 heavy (non-hydrogen) atoms. The van der Waals surface area contributed by atoms with Gasteiger partial charge in [-0.3, -0.25) is 9.59 Å². The fourth-order valence-corrected chi connectivity index (χ4v) is 1.84. The Morgan fingerprint density at radius 1 is 1.45 bits per heavy atom. The number of furan rings is 1. The minimum Gasteiger partial charge on any atom is -0.459 e. The van der Waals surface area contributed by atoms with Gasteiger partial charge in [-0.2, -0.15) is 0 Å². The SMILES string of the molecule is CC(C)C(CCO)NC(=O)CN(C)C(=O)c1ccco1. The zero-order chi connectivity index (χ0) is 15.1. The molecule has 1 aromatic rings. The van der Waals surface area contributed by atoms with Gasteiger partial charge in [0.25, 0.3) is 5.91 Å². The third kappa shape index (κ3) is 4.70. The Hall–Kier alpha value is -1.82. The number of aliphatic hydroxyl groups is 1. The van der Waals surface area contributed by atoms with Crippen molar-refractivity contribution in [1.82, 2.24) is 10.2 Å². The molecule has 0 saturated heterocycles. The van der Waals surface area contributed by atoms with Gasteiger partial charge in [-0.1, -0.05) is 13.8 Å². The highest BCUT2D eigenvalue weighted by molar-refractivity contribution is 5.94. The number of hydrogen-bond donors (Lipinski definition) is 2. The van der Waals surface area contributed by atoms with Gasteiger partial charge < -0.3 is 19.7 Å². The van der Waals surface area contributed by atoms with Gasteiger partial charge in [-0.25, -0.2) is 0 Å². The van der Waals surface area contributed by atoms with Crippen LogP contribution in [0.15, 0.2) is 22.8 Å². The molecule has 0 aliphatic rings. The maximum atomic E-state index is 11.9. The average molecular weight is 282 g/mol. The molecule has 0 saturated carbocycles. The van der Waals surface area contributed by atoms with Gasteiger partial charge in [0.15, 0.2) is 5.76 Å². The molecule has 0 aliphatic heterocycles. The lowest BCUT2D eigenvalue weighted by Crippen LogP contribution is -2.45. The Morgan fingerprint density at radius 3 is 2.65 bits per heavy atom. The van der Waals surface area contributed by atoms with Crippen molar-refractivity contribution in [2.24, 2.45) is 5.92 Å². The van der Waals surface area contributed by atoms with Crippen LogP contribution in [0.5, 0.6) is 0 Å². The average Bonchev–Trinajstić information content (AvgIpc) is 2.90. The maximum Gasteiger partial charge on any atom is 0.289 e. The van der Waals surface area contributed by atoms with E-state index in [0.717, 1.165) is 0 Å². The maximum absolute atomic E-state index is 11.9. The summed E-state index contributed by atoms with van der Waals surface area (Å²) in [7, 11) is 1.54. The van der Waals surface area contributed by atoms with Gasteiger partial charge in [-0.05, 0) is 24.5 Å². The fourth-order valence-electron chi connectivity index (χ4n) is 1.84. The third-order valence-corrected chi connectivity index (χ3v) is 3.05. The summed E-state index contributed by atoms with van der Waals surface area (Å²) in [5.41, 5.74) is 0. The summed E-state index contributed by atoms with van der Waals surface area (Å²) < 4.78 is 5.00. The smallest absolute Gasteiger partial charge is 0.289 e. The molecule has 0 fully saturated rings. The van der Waals surface area contributed by atoms with Gasteiger partial charge in [-0.15, -0.1) is 0 Å². The van der Waals surface area contributed by atoms with Gasteiger partial charge in [0, 0.05) is 19.7 Å². The number of amides is 2. The zero-order valence-corrected chi connectivity index (χ0v) is 12.1. The van der Waals surface area contributed by atoms with Crippen LogP contribution in [0.3, 0.4) is 0 Å². The van der Waals surface area contributed by atoms with E-state index >= 15 is 0 Å². The summed E-state index contributed by atoms with van der Waals surface area (Å²) in [5, 5.41) is 11.8. The molecular weight excluding hydrogens is 260 g/mol. The molecule has 2 N–H and O–H groups in total. The largest absolute Gasteiger partial charge is 0.459 e. The lowest BCUT2D eigenvalue weighted by Gasteiger charge is -2.23. The molecule has 1 unspecified atom stereocenters. The second-order valence-electron chi connectivity index (χ2n) is 5.07. The van der Waals surface area contributed by atoms with E-state index < -0.39 is 0 Å². The highest BCUT2D eigenvalue weighted by Gasteiger charge is 2.20. The summed E-state index contributed by atoms with van der Waals surface area (Å²) in [6.07, 6.45) is 1.91. The summed E-state index contributed by atoms with van der Waals surface area (Å²) in [5.74, 6) is -0.166. The van der Waals surface area contributed by atoms with E-state index in [2.05, 4.69) is 5.32 Å². The second-order valence-corrected chi connectivity index (χ2v) is 5.07. The Kier molecular flexibility index (Phi) is 6.24. The number of carbonyl (C=O) groups excluding carboxylic acids is 2. The van der Waals surface area contributed by atoms with Crippen molar-refractivity contribution in [1.29, 1.82) is 0 Å². The number of likely N-dealkylation sites (N-methyl/N-ethyl adjacent to an activating group) is 1. The predicted octanol–water partition coefficient (Wildman–Crippen LogP) is 0.875. The van der Waals surface area contributed by atoms with E-state index in [9.17, 15) is 9.59 Å². The summed E-state index contributed by atoms with van der Waals surface area (Å²) in [6.45, 7) is 3.91. The second kappa shape index (κ2) is 7.69. The molecule has 0 radical (unpaired) electrons. The third-order valence-electron chi connectivity index (χ3n) is 3.05. The van der Waals surface area contributed by atoms with Crippen molar-refractivity contribution in [2.45, 2.75) is 26.3 Å². The molecule has 1 heterocycles. The topological polar surface area (TPSA) is 82.8 Å². The van der Waals surface area contributed by atoms with Crippen molar-refractivity contribution in [2.75, 3.05) is 20.2 Å². The van der Waals surface area contributed by atoms with E-state index in [-0.39, 0.29) is 42.7 Å². The first-order chi connectivity index (χ1) is 9.45. The quantitative estimate of drug-likeness (QED) is 0.777. The van der Waals surface area contributed by atoms with Gasteiger partial charge in [0.05, 0.1) is 12.8 Å². The van der Waals surface area contributed by atoms with Gasteiger partial charge in [0.1, 0.15) is 0 Å². The minimum absolute atomic E-state index is 0.0181. The Labute approximate surface area is 118 Å². The molecule has 0 aromatic carbocycles. The first kappa shape index (κ1) is 16.2. The molecule has 0 bridgehead atoms. The van der Waals surface area contributed by atoms with Crippen LogP contribution in [0.1, 0.15) is 30.8 Å². The molecular formula is C14H22N2O4. The molecule has 2 amide bonds. The normalized spacial score (nSPS) is 12.2. The number of nitrogens with zero attached hydrogens (tertiary/aromatic N) is 1. The molecule has 6 nitrogen and oxygen atoms in total. The molecule has 1 atom stereocenters. The van der Waals surface area contributed by atoms with E-state index in [1.165, 1.54) is 11.2 Å². The monoisotopic (exact) mass is 282 g/mol. The predicted molar refractivity (Wildman–Crippen MR) is 74.1 cm³/mol. The summed E-state index contributed by atoms with van der Waals surface area (Å²) in [6, 6.07) is 3.08. The van der Waals surface area contributed by atoms with Crippen LogP contribution in [0.25, 0.3) is 0 Å². The lowest BCUT2D eigenvalue weighted by atomic mass is 10.0.